The summed E-state index contributed by atoms with van der Waals surface area (Å²) in [7, 11) is 1.67. The van der Waals surface area contributed by atoms with Crippen molar-refractivity contribution < 1.29 is 14.6 Å². The van der Waals surface area contributed by atoms with Crippen LogP contribution in [0.25, 0.3) is 0 Å². The highest BCUT2D eigenvalue weighted by atomic mass is 16.5. The Morgan fingerprint density at radius 2 is 1.90 bits per heavy atom. The van der Waals surface area contributed by atoms with Gasteiger partial charge in [0, 0.05) is 25.6 Å². The molecule has 1 aliphatic rings. The Bertz CT molecular complexity index is 441. The first kappa shape index (κ1) is 14.8. The Morgan fingerprint density at radius 1 is 1.25 bits per heavy atom. The van der Waals surface area contributed by atoms with E-state index in [1.807, 2.05) is 24.3 Å². The van der Waals surface area contributed by atoms with E-state index in [1.165, 1.54) is 0 Å². The van der Waals surface area contributed by atoms with Gasteiger partial charge in [0.15, 0.2) is 0 Å². The average Bonchev–Trinajstić information content (AvgIpc) is 3.25. The minimum absolute atomic E-state index is 0.0564. The van der Waals surface area contributed by atoms with Crippen LogP contribution in [0.2, 0.25) is 0 Å². The van der Waals surface area contributed by atoms with E-state index >= 15 is 0 Å². The Hall–Kier alpha value is -1.59. The van der Waals surface area contributed by atoms with Gasteiger partial charge in [0.25, 0.3) is 0 Å². The van der Waals surface area contributed by atoms with Crippen molar-refractivity contribution in [2.45, 2.75) is 26.0 Å². The van der Waals surface area contributed by atoms with E-state index in [0.717, 1.165) is 24.0 Å². The summed E-state index contributed by atoms with van der Waals surface area (Å²) in [5.41, 5.74) is 2.10. The molecule has 1 aromatic carbocycles. The molecule has 0 spiro atoms. The van der Waals surface area contributed by atoms with E-state index in [-0.39, 0.29) is 18.1 Å². The van der Waals surface area contributed by atoms with Crippen LogP contribution in [0.1, 0.15) is 24.0 Å². The predicted molar refractivity (Wildman–Crippen MR) is 76.1 cm³/mol. The molecule has 1 saturated carbocycles. The number of amides is 2. The van der Waals surface area contributed by atoms with Crippen molar-refractivity contribution in [2.24, 2.45) is 5.41 Å². The number of nitrogens with one attached hydrogen (secondary N) is 2. The third-order valence-corrected chi connectivity index (χ3v) is 3.70. The number of urea groups is 1. The van der Waals surface area contributed by atoms with Gasteiger partial charge < -0.3 is 20.5 Å². The number of aliphatic hydroxyl groups is 1. The van der Waals surface area contributed by atoms with Gasteiger partial charge in [0.1, 0.15) is 0 Å². The molecular weight excluding hydrogens is 256 g/mol. The summed E-state index contributed by atoms with van der Waals surface area (Å²) in [5, 5.41) is 14.8. The van der Waals surface area contributed by atoms with Crippen LogP contribution >= 0.6 is 0 Å². The molecule has 110 valence electrons. The van der Waals surface area contributed by atoms with Crippen LogP contribution in [0.15, 0.2) is 24.3 Å². The Morgan fingerprint density at radius 3 is 2.45 bits per heavy atom. The first-order chi connectivity index (χ1) is 9.67. The number of carbonyl (C=O) groups excluding carboxylic acids is 1. The third kappa shape index (κ3) is 4.21. The van der Waals surface area contributed by atoms with Gasteiger partial charge in [-0.25, -0.2) is 4.79 Å². The van der Waals surface area contributed by atoms with Crippen molar-refractivity contribution in [3.8, 4) is 0 Å². The van der Waals surface area contributed by atoms with Crippen LogP contribution in [0.5, 0.6) is 0 Å². The zero-order chi connectivity index (χ0) is 14.4. The number of methoxy groups -OCH3 is 1. The molecule has 5 heteroatoms. The van der Waals surface area contributed by atoms with Gasteiger partial charge in [-0.05, 0) is 24.0 Å². The number of hydrogen-bond donors (Lipinski definition) is 3. The molecule has 20 heavy (non-hydrogen) atoms. The highest BCUT2D eigenvalue weighted by Gasteiger charge is 2.42. The van der Waals surface area contributed by atoms with E-state index in [9.17, 15) is 4.79 Å². The second-order valence-electron chi connectivity index (χ2n) is 5.44. The average molecular weight is 278 g/mol. The Balaban J connectivity index is 1.70. The van der Waals surface area contributed by atoms with Gasteiger partial charge in [-0.15, -0.1) is 0 Å². The third-order valence-electron chi connectivity index (χ3n) is 3.70. The molecule has 0 heterocycles. The summed E-state index contributed by atoms with van der Waals surface area (Å²) in [6.45, 7) is 1.78. The molecule has 1 aliphatic carbocycles. The number of hydrogen-bond acceptors (Lipinski definition) is 3. The van der Waals surface area contributed by atoms with Gasteiger partial charge in [0.05, 0.1) is 13.2 Å². The normalized spacial score (nSPS) is 15.7. The molecule has 1 fully saturated rings. The fourth-order valence-corrected chi connectivity index (χ4v) is 2.00. The van der Waals surface area contributed by atoms with Crippen molar-refractivity contribution >= 4 is 6.03 Å². The first-order valence-corrected chi connectivity index (χ1v) is 6.87. The molecule has 3 N–H and O–H groups in total. The van der Waals surface area contributed by atoms with Crippen molar-refractivity contribution in [3.05, 3.63) is 35.4 Å². The zero-order valence-corrected chi connectivity index (χ0v) is 11.8. The molecule has 0 aromatic heterocycles. The van der Waals surface area contributed by atoms with Crippen molar-refractivity contribution in [3.63, 3.8) is 0 Å². The van der Waals surface area contributed by atoms with E-state index in [1.54, 1.807) is 7.11 Å². The predicted octanol–water partition coefficient (Wildman–Crippen LogP) is 1.40. The maximum Gasteiger partial charge on any atom is 0.315 e. The molecule has 0 radical (unpaired) electrons. The number of carbonyl (C=O) groups is 1. The molecule has 2 amide bonds. The van der Waals surface area contributed by atoms with Crippen LogP contribution in [0.3, 0.4) is 0 Å². The molecule has 0 unspecified atom stereocenters. The Labute approximate surface area is 119 Å². The Kier molecular flexibility index (Phi) is 4.98. The molecule has 5 nitrogen and oxygen atoms in total. The first-order valence-electron chi connectivity index (χ1n) is 6.87. The highest BCUT2D eigenvalue weighted by Crippen LogP contribution is 2.44. The molecule has 0 saturated heterocycles. The number of ether oxygens (including phenoxy) is 1. The minimum atomic E-state index is -0.189. The van der Waals surface area contributed by atoms with Crippen LogP contribution in [0.4, 0.5) is 4.79 Å². The van der Waals surface area contributed by atoms with E-state index < -0.39 is 0 Å². The lowest BCUT2D eigenvalue weighted by molar-refractivity contribution is 0.185. The zero-order valence-electron chi connectivity index (χ0n) is 11.8. The highest BCUT2D eigenvalue weighted by molar-refractivity contribution is 5.73. The standard InChI is InChI=1S/C15H22N2O3/c1-20-9-13-4-2-12(3-5-13)8-16-14(19)17-10-15(11-18)6-7-15/h2-5,18H,6-11H2,1H3,(H2,16,17,19). The quantitative estimate of drug-likeness (QED) is 0.706. The van der Waals surface area contributed by atoms with Gasteiger partial charge in [-0.3, -0.25) is 0 Å². The van der Waals surface area contributed by atoms with Crippen LogP contribution in [0, 0.1) is 5.41 Å². The maximum atomic E-state index is 11.7. The van der Waals surface area contributed by atoms with Gasteiger partial charge in [0.2, 0.25) is 0 Å². The molecule has 2 rings (SSSR count). The summed E-state index contributed by atoms with van der Waals surface area (Å²) in [6.07, 6.45) is 1.98. The van der Waals surface area contributed by atoms with Gasteiger partial charge in [-0.2, -0.15) is 0 Å². The van der Waals surface area contributed by atoms with E-state index in [4.69, 9.17) is 9.84 Å². The summed E-state index contributed by atoms with van der Waals surface area (Å²) in [5.74, 6) is 0. The van der Waals surface area contributed by atoms with Crippen LogP contribution in [-0.4, -0.2) is 31.4 Å². The van der Waals surface area contributed by atoms with E-state index in [0.29, 0.717) is 19.7 Å². The molecule has 0 aliphatic heterocycles. The lowest BCUT2D eigenvalue weighted by Crippen LogP contribution is -2.39. The molecule has 1 aromatic rings. The number of aliphatic hydroxyl groups excluding tert-OH is 1. The lowest BCUT2D eigenvalue weighted by Gasteiger charge is -2.13. The molecule has 0 bridgehead atoms. The van der Waals surface area contributed by atoms with Crippen molar-refractivity contribution in [2.75, 3.05) is 20.3 Å². The number of rotatable bonds is 7. The summed E-state index contributed by atoms with van der Waals surface area (Å²) in [4.78, 5) is 11.7. The smallest absolute Gasteiger partial charge is 0.315 e. The number of benzene rings is 1. The minimum Gasteiger partial charge on any atom is -0.396 e. The second kappa shape index (κ2) is 6.72. The topological polar surface area (TPSA) is 70.6 Å². The van der Waals surface area contributed by atoms with E-state index in [2.05, 4.69) is 10.6 Å². The fourth-order valence-electron chi connectivity index (χ4n) is 2.00. The van der Waals surface area contributed by atoms with Crippen LogP contribution < -0.4 is 10.6 Å². The maximum absolute atomic E-state index is 11.7. The molecular formula is C15H22N2O3. The fraction of sp³-hybridized carbons (Fsp3) is 0.533. The summed E-state index contributed by atoms with van der Waals surface area (Å²) >= 11 is 0. The van der Waals surface area contributed by atoms with Crippen molar-refractivity contribution in [1.82, 2.24) is 10.6 Å². The largest absolute Gasteiger partial charge is 0.396 e. The summed E-state index contributed by atoms with van der Waals surface area (Å²) < 4.78 is 5.05. The van der Waals surface area contributed by atoms with Crippen LogP contribution in [-0.2, 0) is 17.9 Å². The van der Waals surface area contributed by atoms with Gasteiger partial charge >= 0.3 is 6.03 Å². The second-order valence-corrected chi connectivity index (χ2v) is 5.44. The monoisotopic (exact) mass is 278 g/mol. The summed E-state index contributed by atoms with van der Waals surface area (Å²) in [6, 6.07) is 7.74. The molecule has 0 atom stereocenters. The van der Waals surface area contributed by atoms with Gasteiger partial charge in [-0.1, -0.05) is 24.3 Å². The lowest BCUT2D eigenvalue weighted by atomic mass is 10.1. The van der Waals surface area contributed by atoms with Crippen molar-refractivity contribution in [1.29, 1.82) is 0 Å². The SMILES string of the molecule is COCc1ccc(CNC(=O)NCC2(CO)CC2)cc1.